The first-order chi connectivity index (χ1) is 12.2. The van der Waals surface area contributed by atoms with E-state index in [0.29, 0.717) is 5.92 Å². The Hall–Kier alpha value is -2.48. The molecule has 1 aliphatic heterocycles. The van der Waals surface area contributed by atoms with Gasteiger partial charge in [0.25, 0.3) is 0 Å². The van der Waals surface area contributed by atoms with E-state index in [2.05, 4.69) is 25.3 Å². The van der Waals surface area contributed by atoms with Crippen LogP contribution in [0.5, 0.6) is 0 Å². The van der Waals surface area contributed by atoms with E-state index in [1.165, 1.54) is 18.2 Å². The highest BCUT2D eigenvalue weighted by atomic mass is 32.1. The largest absolute Gasteiger partial charge is 0.355 e. The Kier molecular flexibility index (Phi) is 4.35. The topological polar surface area (TPSA) is 54.8 Å². The molecular formula is C17H15F2N5S. The predicted octanol–water partition coefficient (Wildman–Crippen LogP) is 3.66. The third-order valence-corrected chi connectivity index (χ3v) is 5.27. The summed E-state index contributed by atoms with van der Waals surface area (Å²) in [5, 5.41) is 17.3. The van der Waals surface area contributed by atoms with Crippen LogP contribution in [-0.4, -0.2) is 33.5 Å². The van der Waals surface area contributed by atoms with Crippen molar-refractivity contribution in [3.8, 4) is 11.3 Å². The molecule has 1 saturated heterocycles. The molecule has 25 heavy (non-hydrogen) atoms. The van der Waals surface area contributed by atoms with E-state index in [1.54, 1.807) is 29.0 Å². The van der Waals surface area contributed by atoms with Crippen LogP contribution in [0.15, 0.2) is 35.8 Å². The zero-order valence-corrected chi connectivity index (χ0v) is 14.1. The standard InChI is InChI=1S/C17H15F2N5S/c18-12-2-1-3-13(19)16(12)14-4-5-15(22-21-14)24-8-6-11(7-9-24)17-23-20-10-25-17/h1-5,10-11H,6-9H2. The minimum Gasteiger partial charge on any atom is -0.355 e. The highest BCUT2D eigenvalue weighted by Gasteiger charge is 2.24. The Morgan fingerprint density at radius 1 is 0.960 bits per heavy atom. The molecule has 128 valence electrons. The SMILES string of the molecule is Fc1cccc(F)c1-c1ccc(N2CCC(c3nncs3)CC2)nn1. The van der Waals surface area contributed by atoms with E-state index < -0.39 is 11.6 Å². The summed E-state index contributed by atoms with van der Waals surface area (Å²) in [6.45, 7) is 1.68. The van der Waals surface area contributed by atoms with E-state index in [0.717, 1.165) is 36.8 Å². The summed E-state index contributed by atoms with van der Waals surface area (Å²) in [5.74, 6) is -0.125. The number of aromatic nitrogens is 4. The van der Waals surface area contributed by atoms with Crippen LogP contribution < -0.4 is 4.90 Å². The summed E-state index contributed by atoms with van der Waals surface area (Å²) in [4.78, 5) is 2.13. The molecule has 3 aromatic rings. The molecule has 8 heteroatoms. The van der Waals surface area contributed by atoms with Gasteiger partial charge in [-0.2, -0.15) is 0 Å². The Bertz CT molecular complexity index is 826. The molecule has 0 N–H and O–H groups in total. The van der Waals surface area contributed by atoms with Gasteiger partial charge in [0.2, 0.25) is 0 Å². The molecule has 0 amide bonds. The van der Waals surface area contributed by atoms with Crippen molar-refractivity contribution < 1.29 is 8.78 Å². The maximum atomic E-state index is 13.8. The lowest BCUT2D eigenvalue weighted by Crippen LogP contribution is -2.33. The van der Waals surface area contributed by atoms with E-state index in [9.17, 15) is 8.78 Å². The fourth-order valence-corrected chi connectivity index (χ4v) is 3.81. The van der Waals surface area contributed by atoms with E-state index in [-0.39, 0.29) is 11.3 Å². The van der Waals surface area contributed by atoms with Crippen molar-refractivity contribution in [1.82, 2.24) is 20.4 Å². The molecule has 4 rings (SSSR count). The Morgan fingerprint density at radius 3 is 2.32 bits per heavy atom. The molecule has 0 unspecified atom stereocenters. The van der Waals surface area contributed by atoms with Gasteiger partial charge in [0.05, 0.1) is 11.3 Å². The lowest BCUT2D eigenvalue weighted by molar-refractivity contribution is 0.497. The molecule has 1 aliphatic rings. The number of halogens is 2. The van der Waals surface area contributed by atoms with Crippen molar-refractivity contribution in [2.24, 2.45) is 0 Å². The average Bonchev–Trinajstić information content (AvgIpc) is 3.17. The highest BCUT2D eigenvalue weighted by Crippen LogP contribution is 2.31. The first kappa shape index (κ1) is 16.0. The molecule has 3 heterocycles. The van der Waals surface area contributed by atoms with Crippen LogP contribution in [-0.2, 0) is 0 Å². The van der Waals surface area contributed by atoms with Gasteiger partial charge in [-0.3, -0.25) is 0 Å². The Labute approximate surface area is 147 Å². The van der Waals surface area contributed by atoms with Crippen LogP contribution in [0.25, 0.3) is 11.3 Å². The van der Waals surface area contributed by atoms with Gasteiger partial charge < -0.3 is 4.90 Å². The van der Waals surface area contributed by atoms with Crippen molar-refractivity contribution in [2.75, 3.05) is 18.0 Å². The molecule has 0 spiro atoms. The molecule has 1 fully saturated rings. The fraction of sp³-hybridized carbons (Fsp3) is 0.294. The van der Waals surface area contributed by atoms with Crippen LogP contribution in [0, 0.1) is 11.6 Å². The molecule has 0 radical (unpaired) electrons. The van der Waals surface area contributed by atoms with E-state index in [4.69, 9.17) is 0 Å². The molecule has 1 aromatic carbocycles. The number of benzene rings is 1. The van der Waals surface area contributed by atoms with Crippen molar-refractivity contribution >= 4 is 17.2 Å². The predicted molar refractivity (Wildman–Crippen MR) is 91.5 cm³/mol. The van der Waals surface area contributed by atoms with Crippen LogP contribution in [0.2, 0.25) is 0 Å². The third-order valence-electron chi connectivity index (χ3n) is 4.41. The molecule has 2 aromatic heterocycles. The second kappa shape index (κ2) is 6.79. The van der Waals surface area contributed by atoms with E-state index >= 15 is 0 Å². The lowest BCUT2D eigenvalue weighted by atomic mass is 9.98. The maximum Gasteiger partial charge on any atom is 0.151 e. The summed E-state index contributed by atoms with van der Waals surface area (Å²) in [5.41, 5.74) is 1.81. The third kappa shape index (κ3) is 3.21. The molecule has 0 saturated carbocycles. The number of anilines is 1. The van der Waals surface area contributed by atoms with Crippen molar-refractivity contribution in [2.45, 2.75) is 18.8 Å². The smallest absolute Gasteiger partial charge is 0.151 e. The van der Waals surface area contributed by atoms with Crippen molar-refractivity contribution in [1.29, 1.82) is 0 Å². The second-order valence-electron chi connectivity index (χ2n) is 5.91. The summed E-state index contributed by atoms with van der Waals surface area (Å²) < 4.78 is 27.7. The Balaban J connectivity index is 1.48. The normalized spacial score (nSPS) is 15.5. The minimum atomic E-state index is -0.639. The molecule has 0 atom stereocenters. The number of piperidine rings is 1. The first-order valence-electron chi connectivity index (χ1n) is 8.01. The van der Waals surface area contributed by atoms with Gasteiger partial charge in [-0.25, -0.2) is 8.78 Å². The van der Waals surface area contributed by atoms with Gasteiger partial charge in [-0.1, -0.05) is 6.07 Å². The maximum absolute atomic E-state index is 13.8. The van der Waals surface area contributed by atoms with Gasteiger partial charge in [0.15, 0.2) is 5.82 Å². The molecular weight excluding hydrogens is 344 g/mol. The van der Waals surface area contributed by atoms with Crippen LogP contribution in [0.4, 0.5) is 14.6 Å². The van der Waals surface area contributed by atoms with Gasteiger partial charge >= 0.3 is 0 Å². The van der Waals surface area contributed by atoms with Gasteiger partial charge in [-0.15, -0.1) is 31.7 Å². The molecule has 0 bridgehead atoms. The summed E-state index contributed by atoms with van der Waals surface area (Å²) in [7, 11) is 0. The minimum absolute atomic E-state index is 0.142. The van der Waals surface area contributed by atoms with Crippen molar-refractivity contribution in [3.05, 3.63) is 52.5 Å². The molecule has 0 aliphatic carbocycles. The zero-order chi connectivity index (χ0) is 17.2. The van der Waals surface area contributed by atoms with Gasteiger partial charge in [0, 0.05) is 19.0 Å². The van der Waals surface area contributed by atoms with E-state index in [1.807, 2.05) is 0 Å². The number of rotatable bonds is 3. The number of hydrogen-bond acceptors (Lipinski definition) is 6. The average molecular weight is 359 g/mol. The summed E-state index contributed by atoms with van der Waals surface area (Å²) >= 11 is 1.59. The van der Waals surface area contributed by atoms with Crippen molar-refractivity contribution in [3.63, 3.8) is 0 Å². The summed E-state index contributed by atoms with van der Waals surface area (Å²) in [6, 6.07) is 7.14. The first-order valence-corrected chi connectivity index (χ1v) is 8.89. The number of nitrogens with zero attached hydrogens (tertiary/aromatic N) is 5. The molecule has 5 nitrogen and oxygen atoms in total. The van der Waals surface area contributed by atoms with Gasteiger partial charge in [0.1, 0.15) is 22.2 Å². The zero-order valence-electron chi connectivity index (χ0n) is 13.3. The van der Waals surface area contributed by atoms with Crippen LogP contribution >= 0.6 is 11.3 Å². The number of hydrogen-bond donors (Lipinski definition) is 0. The lowest BCUT2D eigenvalue weighted by Gasteiger charge is -2.31. The van der Waals surface area contributed by atoms with Gasteiger partial charge in [-0.05, 0) is 37.1 Å². The monoisotopic (exact) mass is 359 g/mol. The van der Waals surface area contributed by atoms with Crippen LogP contribution in [0.1, 0.15) is 23.8 Å². The second-order valence-corrected chi connectivity index (χ2v) is 6.78. The quantitative estimate of drug-likeness (QED) is 0.714. The Morgan fingerprint density at radius 2 is 1.72 bits per heavy atom. The highest BCUT2D eigenvalue weighted by molar-refractivity contribution is 7.09. The fourth-order valence-electron chi connectivity index (χ4n) is 3.08. The summed E-state index contributed by atoms with van der Waals surface area (Å²) in [6.07, 6.45) is 1.95. The van der Waals surface area contributed by atoms with Crippen LogP contribution in [0.3, 0.4) is 0 Å².